The van der Waals surface area contributed by atoms with Gasteiger partial charge in [-0.3, -0.25) is 14.9 Å². The van der Waals surface area contributed by atoms with Crippen LogP contribution < -0.4 is 14.8 Å². The number of nitrogens with one attached hydrogen (secondary N) is 1. The molecular formula is C19H26N2O7. The Kier molecular flexibility index (Phi) is 8.03. The molecule has 154 valence electrons. The van der Waals surface area contributed by atoms with Crippen LogP contribution in [0.3, 0.4) is 0 Å². The van der Waals surface area contributed by atoms with Crippen molar-refractivity contribution in [2.45, 2.75) is 51.5 Å². The first-order valence-corrected chi connectivity index (χ1v) is 9.42. The Hall–Kier alpha value is -2.84. The van der Waals surface area contributed by atoms with Crippen molar-refractivity contribution < 1.29 is 28.7 Å². The maximum Gasteiger partial charge on any atom is 0.345 e. The van der Waals surface area contributed by atoms with Crippen LogP contribution >= 0.6 is 0 Å². The van der Waals surface area contributed by atoms with E-state index in [0.717, 1.165) is 44.6 Å². The van der Waals surface area contributed by atoms with E-state index in [1.54, 1.807) is 6.92 Å². The molecule has 0 spiro atoms. The minimum absolute atomic E-state index is 0.0774. The number of rotatable bonds is 8. The fourth-order valence-electron chi connectivity index (χ4n) is 3.19. The molecule has 0 aromatic heterocycles. The molecule has 0 atom stereocenters. The van der Waals surface area contributed by atoms with Crippen molar-refractivity contribution in [2.75, 3.05) is 20.3 Å². The van der Waals surface area contributed by atoms with Gasteiger partial charge in [0.25, 0.3) is 11.6 Å². The number of carbonyl (C=O) groups excluding carboxylic acids is 2. The second kappa shape index (κ2) is 10.5. The van der Waals surface area contributed by atoms with Crippen LogP contribution in [-0.4, -0.2) is 43.2 Å². The molecule has 1 aliphatic rings. The zero-order valence-corrected chi connectivity index (χ0v) is 16.2. The molecule has 1 saturated carbocycles. The molecule has 1 fully saturated rings. The summed E-state index contributed by atoms with van der Waals surface area (Å²) in [6, 6.07) is 2.38. The smallest absolute Gasteiger partial charge is 0.345 e. The largest absolute Gasteiger partial charge is 0.493 e. The standard InChI is InChI=1S/C19H26N2O7/c1-3-27-17-11-15(21(24)25)14(10-16(17)26-2)19(23)28-12-18(22)20-13-8-6-4-5-7-9-13/h10-11,13H,3-9,12H2,1-2H3,(H,20,22). The third-order valence-corrected chi connectivity index (χ3v) is 4.55. The van der Waals surface area contributed by atoms with E-state index >= 15 is 0 Å². The summed E-state index contributed by atoms with van der Waals surface area (Å²) in [6.07, 6.45) is 6.24. The lowest BCUT2D eigenvalue weighted by Crippen LogP contribution is -2.37. The summed E-state index contributed by atoms with van der Waals surface area (Å²) >= 11 is 0. The summed E-state index contributed by atoms with van der Waals surface area (Å²) in [6.45, 7) is 1.50. The lowest BCUT2D eigenvalue weighted by atomic mass is 10.1. The highest BCUT2D eigenvalue weighted by Crippen LogP contribution is 2.35. The number of carbonyl (C=O) groups is 2. The Morgan fingerprint density at radius 2 is 1.86 bits per heavy atom. The Labute approximate surface area is 163 Å². The molecule has 0 bridgehead atoms. The van der Waals surface area contributed by atoms with E-state index in [-0.39, 0.29) is 29.7 Å². The van der Waals surface area contributed by atoms with Crippen molar-refractivity contribution in [3.63, 3.8) is 0 Å². The highest BCUT2D eigenvalue weighted by atomic mass is 16.6. The van der Waals surface area contributed by atoms with Gasteiger partial charge in [0.05, 0.1) is 24.7 Å². The molecule has 1 aromatic rings. The van der Waals surface area contributed by atoms with Crippen LogP contribution in [0.25, 0.3) is 0 Å². The number of hydrogen-bond acceptors (Lipinski definition) is 7. The van der Waals surface area contributed by atoms with Gasteiger partial charge in [-0.15, -0.1) is 0 Å². The fourth-order valence-corrected chi connectivity index (χ4v) is 3.19. The van der Waals surface area contributed by atoms with Crippen LogP contribution in [0.15, 0.2) is 12.1 Å². The number of amides is 1. The molecule has 0 heterocycles. The van der Waals surface area contributed by atoms with Crippen LogP contribution in [0, 0.1) is 10.1 Å². The fraction of sp³-hybridized carbons (Fsp3) is 0.579. The molecule has 1 aromatic carbocycles. The average molecular weight is 394 g/mol. The summed E-state index contributed by atoms with van der Waals surface area (Å²) in [4.78, 5) is 35.1. The normalized spacial score (nSPS) is 14.6. The highest BCUT2D eigenvalue weighted by molar-refractivity contribution is 5.96. The van der Waals surface area contributed by atoms with E-state index in [9.17, 15) is 19.7 Å². The molecule has 1 N–H and O–H groups in total. The van der Waals surface area contributed by atoms with Crippen LogP contribution in [0.2, 0.25) is 0 Å². The Morgan fingerprint density at radius 3 is 2.43 bits per heavy atom. The quantitative estimate of drug-likeness (QED) is 0.312. The molecule has 2 rings (SSSR count). The minimum atomic E-state index is -0.968. The van der Waals surface area contributed by atoms with E-state index in [0.29, 0.717) is 0 Å². The number of methoxy groups -OCH3 is 1. The van der Waals surface area contributed by atoms with Crippen molar-refractivity contribution in [1.29, 1.82) is 0 Å². The van der Waals surface area contributed by atoms with Crippen molar-refractivity contribution in [3.8, 4) is 11.5 Å². The first-order valence-electron chi connectivity index (χ1n) is 9.42. The van der Waals surface area contributed by atoms with Crippen molar-refractivity contribution in [1.82, 2.24) is 5.32 Å². The molecule has 0 radical (unpaired) electrons. The molecule has 0 saturated heterocycles. The van der Waals surface area contributed by atoms with Crippen molar-refractivity contribution in [2.24, 2.45) is 0 Å². The Balaban J connectivity index is 2.05. The van der Waals surface area contributed by atoms with E-state index in [1.165, 1.54) is 13.2 Å². The molecule has 9 nitrogen and oxygen atoms in total. The zero-order valence-electron chi connectivity index (χ0n) is 16.2. The van der Waals surface area contributed by atoms with E-state index in [1.807, 2.05) is 0 Å². The Morgan fingerprint density at radius 1 is 1.18 bits per heavy atom. The summed E-state index contributed by atoms with van der Waals surface area (Å²) in [5.41, 5.74) is -0.772. The van der Waals surface area contributed by atoms with Crippen LogP contribution in [0.1, 0.15) is 55.8 Å². The van der Waals surface area contributed by atoms with Gasteiger partial charge in [0.15, 0.2) is 18.1 Å². The van der Waals surface area contributed by atoms with Gasteiger partial charge < -0.3 is 19.5 Å². The second-order valence-electron chi connectivity index (χ2n) is 6.54. The molecule has 9 heteroatoms. The number of nitro groups is 1. The van der Waals surface area contributed by atoms with Crippen molar-refractivity contribution in [3.05, 3.63) is 27.8 Å². The Bertz CT molecular complexity index is 712. The number of hydrogen-bond donors (Lipinski definition) is 1. The van der Waals surface area contributed by atoms with Gasteiger partial charge in [0, 0.05) is 12.1 Å². The highest BCUT2D eigenvalue weighted by Gasteiger charge is 2.26. The van der Waals surface area contributed by atoms with E-state index in [4.69, 9.17) is 14.2 Å². The summed E-state index contributed by atoms with van der Waals surface area (Å²) in [7, 11) is 1.36. The van der Waals surface area contributed by atoms with Crippen LogP contribution in [0.5, 0.6) is 11.5 Å². The molecular weight excluding hydrogens is 368 g/mol. The number of esters is 1. The van der Waals surface area contributed by atoms with Gasteiger partial charge in [-0.25, -0.2) is 4.79 Å². The summed E-state index contributed by atoms with van der Waals surface area (Å²) in [5.74, 6) is -1.06. The van der Waals surface area contributed by atoms with Crippen LogP contribution in [0.4, 0.5) is 5.69 Å². The summed E-state index contributed by atoms with van der Waals surface area (Å²) in [5, 5.41) is 14.2. The molecule has 1 amide bonds. The maximum absolute atomic E-state index is 12.4. The second-order valence-corrected chi connectivity index (χ2v) is 6.54. The SMILES string of the molecule is CCOc1cc([N+](=O)[O-])c(C(=O)OCC(=O)NC2CCCCCC2)cc1OC. The number of nitro benzene ring substituents is 1. The number of benzene rings is 1. The predicted molar refractivity (Wildman–Crippen MR) is 101 cm³/mol. The van der Waals surface area contributed by atoms with Gasteiger partial charge in [0.1, 0.15) is 5.56 Å². The first-order chi connectivity index (χ1) is 13.5. The molecule has 0 unspecified atom stereocenters. The lowest BCUT2D eigenvalue weighted by Gasteiger charge is -2.16. The zero-order chi connectivity index (χ0) is 20.5. The molecule has 1 aliphatic carbocycles. The van der Waals surface area contributed by atoms with Crippen molar-refractivity contribution >= 4 is 17.6 Å². The lowest BCUT2D eigenvalue weighted by molar-refractivity contribution is -0.385. The first kappa shape index (κ1) is 21.5. The predicted octanol–water partition coefficient (Wildman–Crippen LogP) is 3.00. The van der Waals surface area contributed by atoms with E-state index in [2.05, 4.69) is 5.32 Å². The number of nitrogens with zero attached hydrogens (tertiary/aromatic N) is 1. The van der Waals surface area contributed by atoms with Gasteiger partial charge in [-0.2, -0.15) is 0 Å². The maximum atomic E-state index is 12.4. The average Bonchev–Trinajstić information content (AvgIpc) is 2.94. The van der Waals surface area contributed by atoms with Gasteiger partial charge >= 0.3 is 5.97 Å². The topological polar surface area (TPSA) is 117 Å². The van der Waals surface area contributed by atoms with Crippen LogP contribution in [-0.2, 0) is 9.53 Å². The van der Waals surface area contributed by atoms with Gasteiger partial charge in [0.2, 0.25) is 0 Å². The van der Waals surface area contributed by atoms with Gasteiger partial charge in [-0.05, 0) is 19.8 Å². The summed E-state index contributed by atoms with van der Waals surface area (Å²) < 4.78 is 15.4. The number of ether oxygens (including phenoxy) is 3. The molecule has 28 heavy (non-hydrogen) atoms. The van der Waals surface area contributed by atoms with E-state index < -0.39 is 29.1 Å². The third-order valence-electron chi connectivity index (χ3n) is 4.55. The molecule has 0 aliphatic heterocycles. The monoisotopic (exact) mass is 394 g/mol. The third kappa shape index (κ3) is 5.83. The van der Waals surface area contributed by atoms with Gasteiger partial charge in [-0.1, -0.05) is 25.7 Å². The minimum Gasteiger partial charge on any atom is -0.493 e.